The molecule has 0 radical (unpaired) electrons. The van der Waals surface area contributed by atoms with Gasteiger partial charge in [-0.3, -0.25) is 14.5 Å². The highest BCUT2D eigenvalue weighted by atomic mass is 16.5. The second kappa shape index (κ2) is 6.93. The van der Waals surface area contributed by atoms with Crippen LogP contribution in [0, 0.1) is 5.92 Å². The van der Waals surface area contributed by atoms with Crippen molar-refractivity contribution in [3.05, 3.63) is 17.5 Å². The zero-order chi connectivity index (χ0) is 17.3. The normalized spacial score (nSPS) is 23.3. The molecule has 0 spiro atoms. The van der Waals surface area contributed by atoms with Gasteiger partial charge < -0.3 is 14.9 Å². The minimum atomic E-state index is -0.785. The molecule has 7 heteroatoms. The van der Waals surface area contributed by atoms with Gasteiger partial charge in [-0.15, -0.1) is 0 Å². The Kier molecular flexibility index (Phi) is 4.89. The van der Waals surface area contributed by atoms with Gasteiger partial charge >= 0.3 is 5.97 Å². The second-order valence-corrected chi connectivity index (χ2v) is 7.33. The first-order chi connectivity index (χ1) is 11.4. The van der Waals surface area contributed by atoms with Crippen LogP contribution in [0.2, 0.25) is 0 Å². The predicted octanol–water partition coefficient (Wildman–Crippen LogP) is 1.86. The Hall–Kier alpha value is -1.89. The van der Waals surface area contributed by atoms with E-state index in [-0.39, 0.29) is 30.5 Å². The average molecular weight is 335 g/mol. The molecule has 1 heterocycles. The number of hydrogen-bond acceptors (Lipinski definition) is 5. The molecule has 2 aliphatic carbocycles. The first-order valence-corrected chi connectivity index (χ1v) is 8.65. The fourth-order valence-corrected chi connectivity index (χ4v) is 3.08. The summed E-state index contributed by atoms with van der Waals surface area (Å²) >= 11 is 0. The summed E-state index contributed by atoms with van der Waals surface area (Å²) in [6.45, 7) is 4.91. The molecule has 0 aromatic carbocycles. The molecule has 2 saturated carbocycles. The summed E-state index contributed by atoms with van der Waals surface area (Å²) in [7, 11) is 0. The average Bonchev–Trinajstić information content (AvgIpc) is 3.13. The highest BCUT2D eigenvalue weighted by Gasteiger charge is 2.38. The van der Waals surface area contributed by atoms with E-state index in [1.807, 2.05) is 13.8 Å². The molecular formula is C17H25N3O4. The van der Waals surface area contributed by atoms with E-state index in [0.29, 0.717) is 17.4 Å². The molecule has 0 unspecified atom stereocenters. The van der Waals surface area contributed by atoms with Crippen LogP contribution in [0.15, 0.2) is 10.6 Å². The summed E-state index contributed by atoms with van der Waals surface area (Å²) in [4.78, 5) is 25.3. The first-order valence-electron chi connectivity index (χ1n) is 8.65. The van der Waals surface area contributed by atoms with Crippen molar-refractivity contribution in [2.24, 2.45) is 5.92 Å². The summed E-state index contributed by atoms with van der Waals surface area (Å²) in [5.41, 5.74) is 0.308. The second-order valence-electron chi connectivity index (χ2n) is 7.33. The smallest absolute Gasteiger partial charge is 0.317 e. The molecule has 3 rings (SSSR count). The lowest BCUT2D eigenvalue weighted by atomic mass is 9.85. The van der Waals surface area contributed by atoms with Gasteiger partial charge in [-0.25, -0.2) is 0 Å². The Morgan fingerprint density at radius 3 is 2.67 bits per heavy atom. The Labute approximate surface area is 141 Å². The third-order valence-corrected chi connectivity index (χ3v) is 4.82. The van der Waals surface area contributed by atoms with Crippen molar-refractivity contribution in [3.63, 3.8) is 0 Å². The van der Waals surface area contributed by atoms with Gasteiger partial charge in [-0.2, -0.15) is 0 Å². The standard InChI is InChI=1S/C17H25N3O4/c1-10(2)15-7-14(19-24-15)17(23)18-12-5-13(6-12)20(9-16(21)22)8-11-3-4-11/h7,10-13H,3-6,8-9H2,1-2H3,(H,18,23)(H,21,22). The zero-order valence-corrected chi connectivity index (χ0v) is 14.2. The quantitative estimate of drug-likeness (QED) is 0.753. The van der Waals surface area contributed by atoms with Gasteiger partial charge in [0.05, 0.1) is 6.54 Å². The lowest BCUT2D eigenvalue weighted by molar-refractivity contribution is -0.139. The minimum absolute atomic E-state index is 0.0807. The summed E-state index contributed by atoms with van der Waals surface area (Å²) in [6.07, 6.45) is 3.99. The third kappa shape index (κ3) is 4.14. The van der Waals surface area contributed by atoms with Gasteiger partial charge in [0.25, 0.3) is 5.91 Å². The highest BCUT2D eigenvalue weighted by molar-refractivity contribution is 5.92. The van der Waals surface area contributed by atoms with Crippen LogP contribution in [0.4, 0.5) is 0 Å². The van der Waals surface area contributed by atoms with E-state index < -0.39 is 5.97 Å². The molecule has 0 aliphatic heterocycles. The number of hydrogen-bond donors (Lipinski definition) is 2. The molecule has 132 valence electrons. The number of carbonyl (C=O) groups is 2. The van der Waals surface area contributed by atoms with Crippen LogP contribution in [0.1, 0.15) is 61.7 Å². The minimum Gasteiger partial charge on any atom is -0.480 e. The van der Waals surface area contributed by atoms with E-state index in [9.17, 15) is 9.59 Å². The van der Waals surface area contributed by atoms with Crippen molar-refractivity contribution in [2.75, 3.05) is 13.1 Å². The zero-order valence-electron chi connectivity index (χ0n) is 14.2. The summed E-state index contributed by atoms with van der Waals surface area (Å²) in [5, 5.41) is 15.8. The maximum atomic E-state index is 12.2. The van der Waals surface area contributed by atoms with E-state index in [0.717, 1.165) is 19.4 Å². The van der Waals surface area contributed by atoms with Crippen LogP contribution in [0.3, 0.4) is 0 Å². The molecular weight excluding hydrogens is 310 g/mol. The van der Waals surface area contributed by atoms with Crippen LogP contribution in [0.25, 0.3) is 0 Å². The van der Waals surface area contributed by atoms with Crippen molar-refractivity contribution >= 4 is 11.9 Å². The molecule has 7 nitrogen and oxygen atoms in total. The number of amides is 1. The maximum absolute atomic E-state index is 12.2. The summed E-state index contributed by atoms with van der Waals surface area (Å²) in [5.74, 6) is 0.540. The van der Waals surface area contributed by atoms with Crippen LogP contribution in [-0.4, -0.2) is 52.2 Å². The number of aliphatic carboxylic acids is 1. The van der Waals surface area contributed by atoms with Gasteiger partial charge in [0.15, 0.2) is 5.69 Å². The van der Waals surface area contributed by atoms with E-state index in [1.165, 1.54) is 12.8 Å². The molecule has 2 aliphatic rings. The number of carboxylic acids is 1. The molecule has 1 aromatic heterocycles. The van der Waals surface area contributed by atoms with Crippen LogP contribution in [0.5, 0.6) is 0 Å². The molecule has 24 heavy (non-hydrogen) atoms. The topological polar surface area (TPSA) is 95.7 Å². The number of carboxylic acid groups (broad SMARTS) is 1. The van der Waals surface area contributed by atoms with Crippen molar-refractivity contribution < 1.29 is 19.2 Å². The highest BCUT2D eigenvalue weighted by Crippen LogP contribution is 2.33. The Morgan fingerprint density at radius 1 is 1.42 bits per heavy atom. The Morgan fingerprint density at radius 2 is 2.12 bits per heavy atom. The SMILES string of the molecule is CC(C)c1cc(C(=O)NC2CC(N(CC(=O)O)CC3CC3)C2)no1. The summed E-state index contributed by atoms with van der Waals surface area (Å²) < 4.78 is 5.15. The molecule has 1 amide bonds. The first kappa shape index (κ1) is 17.0. The van der Waals surface area contributed by atoms with Gasteiger partial charge in [-0.05, 0) is 31.6 Å². The maximum Gasteiger partial charge on any atom is 0.317 e. The largest absolute Gasteiger partial charge is 0.480 e. The van der Waals surface area contributed by atoms with Gasteiger partial charge in [0.2, 0.25) is 0 Å². The third-order valence-electron chi connectivity index (χ3n) is 4.82. The predicted molar refractivity (Wildman–Crippen MR) is 86.8 cm³/mol. The number of nitrogens with one attached hydrogen (secondary N) is 1. The van der Waals surface area contributed by atoms with E-state index in [1.54, 1.807) is 6.07 Å². The van der Waals surface area contributed by atoms with Gasteiger partial charge in [0, 0.05) is 30.6 Å². The molecule has 2 fully saturated rings. The lowest BCUT2D eigenvalue weighted by Crippen LogP contribution is -2.55. The molecule has 1 aromatic rings. The van der Waals surface area contributed by atoms with Crippen LogP contribution >= 0.6 is 0 Å². The molecule has 0 saturated heterocycles. The van der Waals surface area contributed by atoms with Crippen molar-refractivity contribution in [1.29, 1.82) is 0 Å². The molecule has 2 N–H and O–H groups in total. The summed E-state index contributed by atoms with van der Waals surface area (Å²) in [6, 6.07) is 2.01. The molecule has 0 bridgehead atoms. The number of aromatic nitrogens is 1. The lowest BCUT2D eigenvalue weighted by Gasteiger charge is -2.42. The van der Waals surface area contributed by atoms with Crippen LogP contribution in [-0.2, 0) is 4.79 Å². The fraction of sp³-hybridized carbons (Fsp3) is 0.706. The monoisotopic (exact) mass is 335 g/mol. The fourth-order valence-electron chi connectivity index (χ4n) is 3.08. The van der Waals surface area contributed by atoms with E-state index in [2.05, 4.69) is 15.4 Å². The number of rotatable bonds is 8. The van der Waals surface area contributed by atoms with Crippen molar-refractivity contribution in [2.45, 2.75) is 57.5 Å². The van der Waals surface area contributed by atoms with Crippen LogP contribution < -0.4 is 5.32 Å². The van der Waals surface area contributed by atoms with Crippen molar-refractivity contribution in [3.8, 4) is 0 Å². The molecule has 0 atom stereocenters. The Bertz CT molecular complexity index is 603. The van der Waals surface area contributed by atoms with E-state index >= 15 is 0 Å². The number of carbonyl (C=O) groups excluding carboxylic acids is 1. The van der Waals surface area contributed by atoms with Gasteiger partial charge in [-0.1, -0.05) is 19.0 Å². The number of nitrogens with zero attached hydrogens (tertiary/aromatic N) is 2. The van der Waals surface area contributed by atoms with Gasteiger partial charge in [0.1, 0.15) is 5.76 Å². The Balaban J connectivity index is 1.47. The van der Waals surface area contributed by atoms with Crippen molar-refractivity contribution in [1.82, 2.24) is 15.4 Å². The van der Waals surface area contributed by atoms with E-state index in [4.69, 9.17) is 9.63 Å².